The number of carbonyl (C=O) groups excluding carboxylic acids is 1. The number of rotatable bonds is 5. The molecule has 1 unspecified atom stereocenters. The molecule has 1 amide bonds. The van der Waals surface area contributed by atoms with Crippen molar-refractivity contribution in [3.8, 4) is 0 Å². The van der Waals surface area contributed by atoms with E-state index in [1.807, 2.05) is 13.8 Å². The fourth-order valence-electron chi connectivity index (χ4n) is 1.53. The molecule has 0 bridgehead atoms. The molecule has 0 saturated heterocycles. The van der Waals surface area contributed by atoms with Crippen LogP contribution in [0, 0.1) is 5.82 Å². The monoisotopic (exact) mass is 240 g/mol. The molecule has 1 heterocycles. The van der Waals surface area contributed by atoms with Crippen molar-refractivity contribution in [2.45, 2.75) is 32.7 Å². The van der Waals surface area contributed by atoms with Gasteiger partial charge in [-0.05, 0) is 19.4 Å². The summed E-state index contributed by atoms with van der Waals surface area (Å²) in [6.45, 7) is 3.90. The Morgan fingerprint density at radius 2 is 2.35 bits per heavy atom. The Kier molecular flexibility index (Phi) is 4.84. The van der Waals surface area contributed by atoms with Crippen LogP contribution in [0.4, 0.5) is 10.2 Å². The van der Waals surface area contributed by atoms with Crippen LogP contribution < -0.4 is 16.6 Å². The fourth-order valence-corrected chi connectivity index (χ4v) is 1.53. The summed E-state index contributed by atoms with van der Waals surface area (Å²) in [6.07, 6.45) is 3.13. The number of nitrogens with zero attached hydrogens (tertiary/aromatic N) is 1. The summed E-state index contributed by atoms with van der Waals surface area (Å²) < 4.78 is 13.7. The van der Waals surface area contributed by atoms with Crippen LogP contribution in [0.3, 0.4) is 0 Å². The first-order valence-corrected chi connectivity index (χ1v) is 5.52. The number of hydrazine groups is 1. The molecule has 0 saturated carbocycles. The summed E-state index contributed by atoms with van der Waals surface area (Å²) in [5, 5.41) is 2.71. The smallest absolute Gasteiger partial charge is 0.254 e. The maximum atomic E-state index is 13.7. The SMILES string of the molecule is CCCC(C)NC(=O)c1ccnc(NN)c1F. The second-order valence-electron chi connectivity index (χ2n) is 3.83. The number of halogens is 1. The van der Waals surface area contributed by atoms with E-state index >= 15 is 0 Å². The number of nitrogen functional groups attached to an aromatic ring is 1. The summed E-state index contributed by atoms with van der Waals surface area (Å²) in [7, 11) is 0. The van der Waals surface area contributed by atoms with Gasteiger partial charge in [-0.15, -0.1) is 0 Å². The predicted octanol–water partition coefficient (Wildman–Crippen LogP) is 1.42. The molecular weight excluding hydrogens is 223 g/mol. The number of hydrogen-bond acceptors (Lipinski definition) is 4. The van der Waals surface area contributed by atoms with Crippen molar-refractivity contribution in [3.05, 3.63) is 23.6 Å². The van der Waals surface area contributed by atoms with Crippen LogP contribution in [-0.2, 0) is 0 Å². The van der Waals surface area contributed by atoms with E-state index < -0.39 is 11.7 Å². The van der Waals surface area contributed by atoms with Crippen molar-refractivity contribution in [2.75, 3.05) is 5.43 Å². The van der Waals surface area contributed by atoms with Crippen LogP contribution in [-0.4, -0.2) is 16.9 Å². The molecule has 1 atom stereocenters. The van der Waals surface area contributed by atoms with E-state index in [0.29, 0.717) is 0 Å². The molecule has 0 aromatic carbocycles. The zero-order valence-electron chi connectivity index (χ0n) is 9.96. The van der Waals surface area contributed by atoms with Gasteiger partial charge in [0.15, 0.2) is 11.6 Å². The zero-order chi connectivity index (χ0) is 12.8. The second kappa shape index (κ2) is 6.15. The first-order chi connectivity index (χ1) is 8.10. The molecule has 0 aliphatic heterocycles. The van der Waals surface area contributed by atoms with Crippen LogP contribution in [0.5, 0.6) is 0 Å². The maximum Gasteiger partial charge on any atom is 0.254 e. The van der Waals surface area contributed by atoms with Crippen molar-refractivity contribution >= 4 is 11.7 Å². The van der Waals surface area contributed by atoms with Gasteiger partial charge in [-0.3, -0.25) is 4.79 Å². The fraction of sp³-hybridized carbons (Fsp3) is 0.455. The molecule has 0 spiro atoms. The molecule has 17 heavy (non-hydrogen) atoms. The van der Waals surface area contributed by atoms with Crippen molar-refractivity contribution in [1.82, 2.24) is 10.3 Å². The number of nitrogens with two attached hydrogens (primary N) is 1. The van der Waals surface area contributed by atoms with Crippen molar-refractivity contribution in [3.63, 3.8) is 0 Å². The number of amides is 1. The molecule has 0 fully saturated rings. The molecule has 1 aromatic rings. The van der Waals surface area contributed by atoms with Gasteiger partial charge < -0.3 is 10.7 Å². The van der Waals surface area contributed by atoms with E-state index in [1.165, 1.54) is 12.3 Å². The number of hydrogen-bond donors (Lipinski definition) is 3. The third kappa shape index (κ3) is 3.39. The highest BCUT2D eigenvalue weighted by atomic mass is 19.1. The van der Waals surface area contributed by atoms with Crippen LogP contribution in [0.15, 0.2) is 12.3 Å². The molecule has 1 rings (SSSR count). The highest BCUT2D eigenvalue weighted by Crippen LogP contribution is 2.14. The lowest BCUT2D eigenvalue weighted by molar-refractivity contribution is 0.0934. The van der Waals surface area contributed by atoms with E-state index in [0.717, 1.165) is 12.8 Å². The Hall–Kier alpha value is -1.69. The minimum absolute atomic E-state index is 0.00866. The summed E-state index contributed by atoms with van der Waals surface area (Å²) >= 11 is 0. The van der Waals surface area contributed by atoms with E-state index in [4.69, 9.17) is 5.84 Å². The third-order valence-electron chi connectivity index (χ3n) is 2.37. The largest absolute Gasteiger partial charge is 0.349 e. The topological polar surface area (TPSA) is 80.0 Å². The second-order valence-corrected chi connectivity index (χ2v) is 3.83. The van der Waals surface area contributed by atoms with Gasteiger partial charge >= 0.3 is 0 Å². The number of carbonyl (C=O) groups is 1. The van der Waals surface area contributed by atoms with Crippen molar-refractivity contribution in [1.29, 1.82) is 0 Å². The third-order valence-corrected chi connectivity index (χ3v) is 2.37. The molecule has 1 aromatic heterocycles. The lowest BCUT2D eigenvalue weighted by Crippen LogP contribution is -2.33. The lowest BCUT2D eigenvalue weighted by atomic mass is 10.1. The predicted molar refractivity (Wildman–Crippen MR) is 63.8 cm³/mol. The van der Waals surface area contributed by atoms with Gasteiger partial charge in [-0.2, -0.15) is 0 Å². The van der Waals surface area contributed by atoms with Crippen LogP contribution in [0.1, 0.15) is 37.0 Å². The van der Waals surface area contributed by atoms with Gasteiger partial charge in [0.25, 0.3) is 5.91 Å². The van der Waals surface area contributed by atoms with E-state index in [1.54, 1.807) is 0 Å². The highest BCUT2D eigenvalue weighted by Gasteiger charge is 2.16. The van der Waals surface area contributed by atoms with Crippen molar-refractivity contribution < 1.29 is 9.18 Å². The normalized spacial score (nSPS) is 12.0. The van der Waals surface area contributed by atoms with Crippen LogP contribution >= 0.6 is 0 Å². The minimum atomic E-state index is -0.740. The molecule has 4 N–H and O–H groups in total. The first-order valence-electron chi connectivity index (χ1n) is 5.52. The molecule has 0 aliphatic rings. The zero-order valence-corrected chi connectivity index (χ0v) is 9.96. The standard InChI is InChI=1S/C11H17FN4O/c1-3-4-7(2)15-11(17)8-5-6-14-10(16-13)9(8)12/h5-7H,3-4,13H2,1-2H3,(H,14,16)(H,15,17). The van der Waals surface area contributed by atoms with E-state index in [2.05, 4.69) is 15.7 Å². The number of aromatic nitrogens is 1. The average Bonchev–Trinajstić information content (AvgIpc) is 2.29. The Morgan fingerprint density at radius 1 is 1.65 bits per heavy atom. The molecule has 5 nitrogen and oxygen atoms in total. The Bertz CT molecular complexity index is 397. The van der Waals surface area contributed by atoms with Gasteiger partial charge in [-0.25, -0.2) is 15.2 Å². The van der Waals surface area contributed by atoms with Crippen LogP contribution in [0.25, 0.3) is 0 Å². The van der Waals surface area contributed by atoms with E-state index in [9.17, 15) is 9.18 Å². The number of nitrogens with one attached hydrogen (secondary N) is 2. The lowest BCUT2D eigenvalue weighted by Gasteiger charge is -2.13. The Balaban J connectivity index is 2.82. The number of pyridine rings is 1. The first kappa shape index (κ1) is 13.4. The van der Waals surface area contributed by atoms with E-state index in [-0.39, 0.29) is 17.4 Å². The van der Waals surface area contributed by atoms with Crippen molar-refractivity contribution in [2.24, 2.45) is 5.84 Å². The van der Waals surface area contributed by atoms with Gasteiger partial charge in [-0.1, -0.05) is 13.3 Å². The highest BCUT2D eigenvalue weighted by molar-refractivity contribution is 5.95. The van der Waals surface area contributed by atoms with Gasteiger partial charge in [0.05, 0.1) is 5.56 Å². The number of anilines is 1. The van der Waals surface area contributed by atoms with Crippen LogP contribution in [0.2, 0.25) is 0 Å². The Morgan fingerprint density at radius 3 is 2.94 bits per heavy atom. The average molecular weight is 240 g/mol. The minimum Gasteiger partial charge on any atom is -0.349 e. The van der Waals surface area contributed by atoms with Gasteiger partial charge in [0.1, 0.15) is 0 Å². The van der Waals surface area contributed by atoms with Gasteiger partial charge in [0, 0.05) is 12.2 Å². The molecule has 94 valence electrons. The molecule has 0 radical (unpaired) electrons. The maximum absolute atomic E-state index is 13.7. The van der Waals surface area contributed by atoms with Gasteiger partial charge in [0.2, 0.25) is 0 Å². The summed E-state index contributed by atoms with van der Waals surface area (Å²) in [4.78, 5) is 15.4. The summed E-state index contributed by atoms with van der Waals surface area (Å²) in [6, 6.07) is 1.33. The molecule has 0 aliphatic carbocycles. The quantitative estimate of drug-likeness (QED) is 0.537. The Labute approximate surface area is 99.6 Å². The summed E-state index contributed by atoms with van der Waals surface area (Å²) in [5.74, 6) is 3.75. The molecule has 6 heteroatoms. The summed E-state index contributed by atoms with van der Waals surface area (Å²) in [5.41, 5.74) is 2.04. The molecular formula is C11H17FN4O.